The van der Waals surface area contributed by atoms with E-state index in [9.17, 15) is 8.42 Å². The van der Waals surface area contributed by atoms with E-state index in [0.29, 0.717) is 30.1 Å². The molecule has 3 heterocycles. The first-order chi connectivity index (χ1) is 10.00. The number of sulfonamides is 1. The van der Waals surface area contributed by atoms with Crippen LogP contribution < -0.4 is 5.32 Å². The Bertz CT molecular complexity index is 745. The molecule has 1 N–H and O–H groups in total. The van der Waals surface area contributed by atoms with Gasteiger partial charge in [0.15, 0.2) is 4.67 Å². The fourth-order valence-electron chi connectivity index (χ4n) is 2.44. The predicted octanol–water partition coefficient (Wildman–Crippen LogP) is 1.53. The summed E-state index contributed by atoms with van der Waals surface area (Å²) in [7, 11) is -1.84. The number of furan rings is 1. The highest BCUT2D eigenvalue weighted by molar-refractivity contribution is 9.10. The number of aryl methyl sites for hydroxylation is 1. The van der Waals surface area contributed by atoms with E-state index in [1.54, 1.807) is 18.5 Å². The molecule has 22 heavy (non-hydrogen) atoms. The minimum absolute atomic E-state index is 0. The smallest absolute Gasteiger partial charge is 0.277 e. The quantitative estimate of drug-likeness (QED) is 0.828. The van der Waals surface area contributed by atoms with Crippen LogP contribution in [-0.4, -0.2) is 41.9 Å². The molecule has 3 rings (SSSR count). The third-order valence-electron chi connectivity index (χ3n) is 3.46. The van der Waals surface area contributed by atoms with Crippen LogP contribution in [0.2, 0.25) is 0 Å². The number of aromatic nitrogens is 2. The lowest BCUT2D eigenvalue weighted by molar-refractivity contribution is 0.251. The summed E-state index contributed by atoms with van der Waals surface area (Å²) in [6.07, 6.45) is 3.47. The van der Waals surface area contributed by atoms with Crippen molar-refractivity contribution in [2.24, 2.45) is 7.05 Å². The van der Waals surface area contributed by atoms with Gasteiger partial charge in [0.2, 0.25) is 5.09 Å². The lowest BCUT2D eigenvalue weighted by atomic mass is 10.2. The van der Waals surface area contributed by atoms with Crippen molar-refractivity contribution in [3.8, 4) is 0 Å². The molecule has 0 amide bonds. The maximum atomic E-state index is 12.8. The number of halogens is 2. The topological polar surface area (TPSA) is 80.4 Å². The van der Waals surface area contributed by atoms with Crippen LogP contribution in [0.25, 0.3) is 0 Å². The molecule has 0 radical (unpaired) electrons. The number of hydrogen-bond acceptors (Lipinski definition) is 5. The van der Waals surface area contributed by atoms with Crippen molar-refractivity contribution in [1.82, 2.24) is 19.2 Å². The van der Waals surface area contributed by atoms with Crippen LogP contribution in [0.1, 0.15) is 11.9 Å². The van der Waals surface area contributed by atoms with Crippen molar-refractivity contribution < 1.29 is 12.8 Å². The summed E-state index contributed by atoms with van der Waals surface area (Å²) in [4.78, 5) is 4.28. The van der Waals surface area contributed by atoms with Crippen molar-refractivity contribution in [2.75, 3.05) is 19.6 Å². The van der Waals surface area contributed by atoms with Gasteiger partial charge in [-0.15, -0.1) is 12.4 Å². The molecule has 122 valence electrons. The van der Waals surface area contributed by atoms with Crippen LogP contribution in [0.4, 0.5) is 0 Å². The van der Waals surface area contributed by atoms with Gasteiger partial charge in [0, 0.05) is 39.1 Å². The van der Waals surface area contributed by atoms with Gasteiger partial charge in [-0.05, 0) is 28.1 Å². The zero-order valence-corrected chi connectivity index (χ0v) is 15.0. The SMILES string of the molecule is Cl.Cn1ccnc1C1CNCCN1S(=O)(=O)c1ccc(Br)o1. The molecule has 1 unspecified atom stereocenters. The van der Waals surface area contributed by atoms with Crippen molar-refractivity contribution in [2.45, 2.75) is 11.1 Å². The summed E-state index contributed by atoms with van der Waals surface area (Å²) in [5.41, 5.74) is 0. The van der Waals surface area contributed by atoms with E-state index < -0.39 is 10.0 Å². The molecule has 1 aliphatic rings. The molecule has 7 nitrogen and oxygen atoms in total. The van der Waals surface area contributed by atoms with Gasteiger partial charge in [-0.25, -0.2) is 13.4 Å². The highest BCUT2D eigenvalue weighted by Gasteiger charge is 2.37. The van der Waals surface area contributed by atoms with E-state index in [1.807, 2.05) is 11.6 Å². The van der Waals surface area contributed by atoms with Crippen LogP contribution in [0.3, 0.4) is 0 Å². The van der Waals surface area contributed by atoms with Crippen molar-refractivity contribution in [1.29, 1.82) is 0 Å². The second-order valence-electron chi connectivity index (χ2n) is 4.79. The molecule has 1 aliphatic heterocycles. The number of piperazine rings is 1. The molecule has 1 saturated heterocycles. The first-order valence-electron chi connectivity index (χ1n) is 6.45. The first-order valence-corrected chi connectivity index (χ1v) is 8.68. The normalized spacial score (nSPS) is 19.8. The van der Waals surface area contributed by atoms with Crippen LogP contribution in [0, 0.1) is 0 Å². The van der Waals surface area contributed by atoms with Crippen molar-refractivity contribution in [3.63, 3.8) is 0 Å². The maximum Gasteiger partial charge on any atom is 0.277 e. The van der Waals surface area contributed by atoms with Gasteiger partial charge in [0.05, 0.1) is 6.04 Å². The zero-order valence-electron chi connectivity index (χ0n) is 11.8. The van der Waals surface area contributed by atoms with Crippen LogP contribution in [-0.2, 0) is 17.1 Å². The highest BCUT2D eigenvalue weighted by atomic mass is 79.9. The van der Waals surface area contributed by atoms with E-state index in [2.05, 4.69) is 26.2 Å². The average Bonchev–Trinajstić information content (AvgIpc) is 3.08. The number of rotatable bonds is 3. The van der Waals surface area contributed by atoms with E-state index in [1.165, 1.54) is 10.4 Å². The van der Waals surface area contributed by atoms with Gasteiger partial charge in [-0.3, -0.25) is 0 Å². The van der Waals surface area contributed by atoms with Gasteiger partial charge in [0.25, 0.3) is 10.0 Å². The molecular formula is C12H16BrClN4O3S. The van der Waals surface area contributed by atoms with E-state index in [0.717, 1.165) is 0 Å². The third kappa shape index (κ3) is 3.09. The lowest BCUT2D eigenvalue weighted by Crippen LogP contribution is -2.49. The standard InChI is InChI=1S/C12H15BrN4O3S.ClH/c1-16-6-5-15-12(16)9-8-14-4-7-17(9)21(18,19)11-3-2-10(13)20-11;/h2-3,5-6,9,14H,4,7-8H2,1H3;1H. The van der Waals surface area contributed by atoms with Crippen molar-refractivity contribution in [3.05, 3.63) is 35.0 Å². The Labute approximate surface area is 143 Å². The maximum absolute atomic E-state index is 12.8. The summed E-state index contributed by atoms with van der Waals surface area (Å²) >= 11 is 3.14. The molecule has 0 saturated carbocycles. The summed E-state index contributed by atoms with van der Waals surface area (Å²) in [5.74, 6) is 0.705. The van der Waals surface area contributed by atoms with E-state index in [-0.39, 0.29) is 23.5 Å². The average molecular weight is 412 g/mol. The Morgan fingerprint density at radius 1 is 1.45 bits per heavy atom. The molecule has 1 fully saturated rings. The molecule has 0 spiro atoms. The highest BCUT2D eigenvalue weighted by Crippen LogP contribution is 2.29. The van der Waals surface area contributed by atoms with Gasteiger partial charge < -0.3 is 14.3 Å². The molecule has 0 aromatic carbocycles. The Morgan fingerprint density at radius 2 is 2.23 bits per heavy atom. The predicted molar refractivity (Wildman–Crippen MR) is 86.4 cm³/mol. The number of nitrogens with one attached hydrogen (secondary N) is 1. The number of imidazole rings is 1. The Morgan fingerprint density at radius 3 is 2.82 bits per heavy atom. The summed E-state index contributed by atoms with van der Waals surface area (Å²) in [5, 5.41) is 3.15. The third-order valence-corrected chi connectivity index (χ3v) is 5.67. The Kier molecular flexibility index (Phi) is 5.33. The van der Waals surface area contributed by atoms with Crippen LogP contribution in [0.5, 0.6) is 0 Å². The van der Waals surface area contributed by atoms with Gasteiger partial charge in [-0.1, -0.05) is 0 Å². The molecule has 2 aromatic heterocycles. The van der Waals surface area contributed by atoms with Crippen LogP contribution in [0.15, 0.2) is 38.7 Å². The number of nitrogens with zero attached hydrogens (tertiary/aromatic N) is 3. The molecule has 1 atom stereocenters. The number of hydrogen-bond donors (Lipinski definition) is 1. The minimum atomic E-state index is -3.69. The van der Waals surface area contributed by atoms with Gasteiger partial charge >= 0.3 is 0 Å². The van der Waals surface area contributed by atoms with Gasteiger partial charge in [0.1, 0.15) is 5.82 Å². The summed E-state index contributed by atoms with van der Waals surface area (Å²) < 4.78 is 34.4. The molecule has 0 bridgehead atoms. The summed E-state index contributed by atoms with van der Waals surface area (Å²) in [6, 6.07) is 2.68. The molecule has 0 aliphatic carbocycles. The largest absolute Gasteiger partial charge is 0.437 e. The van der Waals surface area contributed by atoms with Crippen LogP contribution >= 0.6 is 28.3 Å². The minimum Gasteiger partial charge on any atom is -0.437 e. The second-order valence-corrected chi connectivity index (χ2v) is 7.39. The lowest BCUT2D eigenvalue weighted by Gasteiger charge is -2.33. The van der Waals surface area contributed by atoms with Gasteiger partial charge in [-0.2, -0.15) is 4.31 Å². The fourth-order valence-corrected chi connectivity index (χ4v) is 4.36. The van der Waals surface area contributed by atoms with E-state index >= 15 is 0 Å². The fraction of sp³-hybridized carbons (Fsp3) is 0.417. The molecular weight excluding hydrogens is 396 g/mol. The Hall–Kier alpha value is -0.870. The monoisotopic (exact) mass is 410 g/mol. The Balaban J connectivity index is 0.00000176. The first kappa shape index (κ1) is 17.5. The zero-order chi connectivity index (χ0) is 15.0. The van der Waals surface area contributed by atoms with Crippen molar-refractivity contribution >= 4 is 38.4 Å². The molecule has 10 heteroatoms. The molecule has 2 aromatic rings. The van der Waals surface area contributed by atoms with E-state index in [4.69, 9.17) is 4.42 Å². The second kappa shape index (κ2) is 6.71. The summed E-state index contributed by atoms with van der Waals surface area (Å²) in [6.45, 7) is 1.49.